The molecule has 0 aromatic heterocycles. The first-order chi connectivity index (χ1) is 7.50. The third-order valence-corrected chi connectivity index (χ3v) is 2.85. The maximum Gasteiger partial charge on any atom is 0.346 e. The van der Waals surface area contributed by atoms with Gasteiger partial charge in [-0.2, -0.15) is 0 Å². The van der Waals surface area contributed by atoms with Gasteiger partial charge < -0.3 is 9.84 Å². The molecule has 0 aromatic rings. The molecule has 4 heteroatoms. The van der Waals surface area contributed by atoms with Gasteiger partial charge in [0.05, 0.1) is 0 Å². The van der Waals surface area contributed by atoms with E-state index in [4.69, 9.17) is 9.84 Å². The first-order valence-corrected chi connectivity index (χ1v) is 6.55. The van der Waals surface area contributed by atoms with Gasteiger partial charge in [0, 0.05) is 6.61 Å². The Morgan fingerprint density at radius 1 is 1.19 bits per heavy atom. The summed E-state index contributed by atoms with van der Waals surface area (Å²) in [7, 11) is 0. The molecule has 0 saturated carbocycles. The van der Waals surface area contributed by atoms with E-state index in [9.17, 15) is 4.79 Å². The number of carboxylic acids is 1. The lowest BCUT2D eigenvalue weighted by Gasteiger charge is -2.18. The van der Waals surface area contributed by atoms with Gasteiger partial charge in [-0.05, 0) is 13.3 Å². The van der Waals surface area contributed by atoms with Crippen LogP contribution in [0.25, 0.3) is 0 Å². The van der Waals surface area contributed by atoms with Gasteiger partial charge in [0.2, 0.25) is 4.93 Å². The molecular weight excluding hydrogens is 224 g/mol. The summed E-state index contributed by atoms with van der Waals surface area (Å²) in [6.07, 6.45) is 8.37. The molecule has 96 valence electrons. The predicted octanol–water partition coefficient (Wildman–Crippen LogP) is 3.48. The second-order valence-corrected chi connectivity index (χ2v) is 5.11. The zero-order valence-electron chi connectivity index (χ0n) is 10.4. The average molecular weight is 248 g/mol. The molecule has 0 heterocycles. The van der Waals surface area contributed by atoms with E-state index in [0.717, 1.165) is 12.8 Å². The van der Waals surface area contributed by atoms with E-state index >= 15 is 0 Å². The van der Waals surface area contributed by atoms with Crippen molar-refractivity contribution >= 4 is 18.6 Å². The van der Waals surface area contributed by atoms with Gasteiger partial charge in [0.1, 0.15) is 0 Å². The molecule has 0 aromatic carbocycles. The number of thiol groups is 1. The monoisotopic (exact) mass is 248 g/mol. The molecule has 1 N–H and O–H groups in total. The number of carbonyl (C=O) groups is 1. The smallest absolute Gasteiger partial charge is 0.346 e. The lowest BCUT2D eigenvalue weighted by atomic mass is 10.1. The Morgan fingerprint density at radius 3 is 2.19 bits per heavy atom. The molecule has 0 amide bonds. The minimum atomic E-state index is -1.35. The summed E-state index contributed by atoms with van der Waals surface area (Å²) >= 11 is 3.93. The van der Waals surface area contributed by atoms with Crippen molar-refractivity contribution in [2.24, 2.45) is 0 Å². The lowest BCUT2D eigenvalue weighted by Crippen LogP contribution is -2.32. The van der Waals surface area contributed by atoms with Crippen LogP contribution < -0.4 is 0 Å². The molecule has 1 unspecified atom stereocenters. The summed E-state index contributed by atoms with van der Waals surface area (Å²) in [4.78, 5) is 9.31. The van der Waals surface area contributed by atoms with Crippen molar-refractivity contribution in [3.8, 4) is 0 Å². The molecule has 0 rings (SSSR count). The molecule has 0 saturated heterocycles. The van der Waals surface area contributed by atoms with Gasteiger partial charge in [-0.15, -0.1) is 12.6 Å². The second-order valence-electron chi connectivity index (χ2n) is 4.26. The third-order valence-electron chi connectivity index (χ3n) is 2.53. The highest BCUT2D eigenvalue weighted by Crippen LogP contribution is 2.16. The Bertz CT molecular complexity index is 193. The largest absolute Gasteiger partial charge is 0.478 e. The Hall–Kier alpha value is -0.220. The first kappa shape index (κ1) is 15.8. The van der Waals surface area contributed by atoms with E-state index in [-0.39, 0.29) is 0 Å². The highest BCUT2D eigenvalue weighted by molar-refractivity contribution is 7.82. The van der Waals surface area contributed by atoms with Gasteiger partial charge >= 0.3 is 5.97 Å². The van der Waals surface area contributed by atoms with Gasteiger partial charge in [-0.1, -0.05) is 45.4 Å². The second kappa shape index (κ2) is 8.88. The zero-order chi connectivity index (χ0) is 12.4. The van der Waals surface area contributed by atoms with Crippen LogP contribution in [0, 0.1) is 0 Å². The Balaban J connectivity index is 3.30. The molecular formula is C12H24O3S. The lowest BCUT2D eigenvalue weighted by molar-refractivity contribution is -0.152. The predicted molar refractivity (Wildman–Crippen MR) is 69.0 cm³/mol. The maximum absolute atomic E-state index is 10.7. The number of hydrogen-bond donors (Lipinski definition) is 2. The molecule has 0 spiro atoms. The van der Waals surface area contributed by atoms with Crippen molar-refractivity contribution in [2.45, 2.75) is 63.7 Å². The van der Waals surface area contributed by atoms with E-state index in [1.54, 1.807) is 0 Å². The fourth-order valence-corrected chi connectivity index (χ4v) is 1.48. The summed E-state index contributed by atoms with van der Waals surface area (Å²) in [5, 5.41) is 8.74. The van der Waals surface area contributed by atoms with Crippen LogP contribution >= 0.6 is 12.6 Å². The van der Waals surface area contributed by atoms with Crippen LogP contribution in [0.3, 0.4) is 0 Å². The minimum Gasteiger partial charge on any atom is -0.478 e. The Morgan fingerprint density at radius 2 is 1.69 bits per heavy atom. The quantitative estimate of drug-likeness (QED) is 0.353. The van der Waals surface area contributed by atoms with Gasteiger partial charge in [0.15, 0.2) is 0 Å². The van der Waals surface area contributed by atoms with Crippen LogP contribution in [0.5, 0.6) is 0 Å². The van der Waals surface area contributed by atoms with Crippen LogP contribution in [-0.2, 0) is 9.53 Å². The Labute approximate surface area is 104 Å². The first-order valence-electron chi connectivity index (χ1n) is 6.10. The van der Waals surface area contributed by atoms with Crippen LogP contribution in [0.2, 0.25) is 0 Å². The van der Waals surface area contributed by atoms with E-state index in [1.807, 2.05) is 0 Å². The molecule has 0 aliphatic heterocycles. The third kappa shape index (κ3) is 7.99. The number of aliphatic carboxylic acids is 1. The van der Waals surface area contributed by atoms with Crippen molar-refractivity contribution in [1.82, 2.24) is 0 Å². The van der Waals surface area contributed by atoms with Crippen molar-refractivity contribution in [3.05, 3.63) is 0 Å². The van der Waals surface area contributed by atoms with Crippen LogP contribution in [0.4, 0.5) is 0 Å². The van der Waals surface area contributed by atoms with Crippen LogP contribution in [-0.4, -0.2) is 22.6 Å². The van der Waals surface area contributed by atoms with Crippen LogP contribution in [0.1, 0.15) is 58.8 Å². The average Bonchev–Trinajstić information content (AvgIpc) is 2.21. The molecule has 3 nitrogen and oxygen atoms in total. The number of carboxylic acid groups (broad SMARTS) is 1. The number of rotatable bonds is 10. The summed E-state index contributed by atoms with van der Waals surface area (Å²) < 4.78 is 5.18. The summed E-state index contributed by atoms with van der Waals surface area (Å²) in [6, 6.07) is 0. The number of unbranched alkanes of at least 4 members (excludes halogenated alkanes) is 6. The van der Waals surface area contributed by atoms with Crippen molar-refractivity contribution < 1.29 is 14.6 Å². The summed E-state index contributed by atoms with van der Waals surface area (Å²) in [6.45, 7) is 4.13. The molecule has 1 atom stereocenters. The van der Waals surface area contributed by atoms with Crippen molar-refractivity contribution in [1.29, 1.82) is 0 Å². The maximum atomic E-state index is 10.7. The molecule has 0 aliphatic carbocycles. The Kier molecular flexibility index (Phi) is 8.76. The van der Waals surface area contributed by atoms with Gasteiger partial charge in [-0.25, -0.2) is 4.79 Å². The van der Waals surface area contributed by atoms with E-state index < -0.39 is 10.9 Å². The molecule has 16 heavy (non-hydrogen) atoms. The van der Waals surface area contributed by atoms with Crippen molar-refractivity contribution in [3.63, 3.8) is 0 Å². The summed E-state index contributed by atoms with van der Waals surface area (Å²) in [5.41, 5.74) is 0. The van der Waals surface area contributed by atoms with Gasteiger partial charge in [-0.3, -0.25) is 0 Å². The highest BCUT2D eigenvalue weighted by Gasteiger charge is 2.28. The van der Waals surface area contributed by atoms with Gasteiger partial charge in [0.25, 0.3) is 0 Å². The topological polar surface area (TPSA) is 46.5 Å². The normalized spacial score (nSPS) is 14.7. The standard InChI is InChI=1S/C12H24O3S/c1-3-4-5-6-7-8-9-10-15-12(2,16)11(13)14/h16H,3-10H2,1-2H3,(H,13,14). The number of ether oxygens (including phenoxy) is 1. The van der Waals surface area contributed by atoms with E-state index in [2.05, 4.69) is 19.6 Å². The summed E-state index contributed by atoms with van der Waals surface area (Å²) in [5.74, 6) is -1.03. The minimum absolute atomic E-state index is 0.472. The highest BCUT2D eigenvalue weighted by atomic mass is 32.1. The van der Waals surface area contributed by atoms with E-state index in [0.29, 0.717) is 6.61 Å². The molecule has 0 radical (unpaired) electrons. The van der Waals surface area contributed by atoms with Crippen LogP contribution in [0.15, 0.2) is 0 Å². The molecule has 0 aliphatic rings. The number of hydrogen-bond acceptors (Lipinski definition) is 3. The zero-order valence-corrected chi connectivity index (χ0v) is 11.3. The fraction of sp³-hybridized carbons (Fsp3) is 0.917. The molecule has 0 fully saturated rings. The SMILES string of the molecule is CCCCCCCCCOC(C)(S)C(=O)O. The fourth-order valence-electron chi connectivity index (χ4n) is 1.39. The van der Waals surface area contributed by atoms with E-state index in [1.165, 1.54) is 39.0 Å². The molecule has 0 bridgehead atoms. The van der Waals surface area contributed by atoms with Crippen molar-refractivity contribution in [2.75, 3.05) is 6.61 Å².